The molecule has 0 spiro atoms. The highest BCUT2D eigenvalue weighted by molar-refractivity contribution is 6.06. The summed E-state index contributed by atoms with van der Waals surface area (Å²) >= 11 is 0. The molecular weight excluding hydrogens is 774 g/mol. The van der Waals surface area contributed by atoms with Crippen molar-refractivity contribution >= 4 is 33.7 Å². The highest BCUT2D eigenvalue weighted by Crippen LogP contribution is 2.38. The van der Waals surface area contributed by atoms with E-state index in [0.717, 1.165) is 12.1 Å². The van der Waals surface area contributed by atoms with E-state index in [0.29, 0.717) is 41.2 Å². The maximum absolute atomic E-state index is 13.7. The maximum atomic E-state index is 13.7. The highest BCUT2D eigenvalue weighted by Gasteiger charge is 2.35. The topological polar surface area (TPSA) is 132 Å². The summed E-state index contributed by atoms with van der Waals surface area (Å²) < 4.78 is 105. The molecule has 0 saturated heterocycles. The van der Waals surface area contributed by atoms with Crippen LogP contribution in [0.5, 0.6) is 0 Å². The van der Waals surface area contributed by atoms with Crippen LogP contribution < -0.4 is 0 Å². The van der Waals surface area contributed by atoms with Gasteiger partial charge in [-0.15, -0.1) is 0 Å². The molecule has 0 aliphatic rings. The van der Waals surface area contributed by atoms with Gasteiger partial charge in [0.05, 0.1) is 95.3 Å². The fraction of sp³-hybridized carbons (Fsp3) is 0.300. The summed E-state index contributed by atoms with van der Waals surface area (Å²) in [4.78, 5) is 41.4. The third-order valence-corrected chi connectivity index (χ3v) is 8.80. The zero-order valence-corrected chi connectivity index (χ0v) is 32.0. The number of aromatic nitrogens is 6. The predicted octanol–water partition coefficient (Wildman–Crippen LogP) is 7.46. The number of fused-ring (bicyclic) bond motifs is 2. The summed E-state index contributed by atoms with van der Waals surface area (Å²) in [5, 5.41) is 0.515. The molecule has 0 saturated carbocycles. The lowest BCUT2D eigenvalue weighted by molar-refractivity contribution is -0.138. The molecule has 0 atom stereocenters. The molecular formula is C40H36F6N6O6. The highest BCUT2D eigenvalue weighted by atomic mass is 19.4. The SMILES string of the molecule is COCC#Cc1cc2c(C(=O)OC)cc(-c3cncn3C)nc2cc1C(F)(F)F.COCCCc1cc2c(C(=O)OC)cc(-c3cncn3C)nc2cc1C(F)(F)F. The Morgan fingerprint density at radius 3 is 1.62 bits per heavy atom. The minimum Gasteiger partial charge on any atom is -0.465 e. The molecule has 12 nitrogen and oxygen atoms in total. The van der Waals surface area contributed by atoms with E-state index in [2.05, 4.69) is 31.8 Å². The van der Waals surface area contributed by atoms with Crippen molar-refractivity contribution in [3.8, 4) is 34.6 Å². The molecule has 0 unspecified atom stereocenters. The van der Waals surface area contributed by atoms with Gasteiger partial charge in [-0.05, 0) is 54.8 Å². The average molecular weight is 811 g/mol. The second-order valence-electron chi connectivity index (χ2n) is 12.6. The van der Waals surface area contributed by atoms with Crippen molar-refractivity contribution in [2.75, 3.05) is 41.7 Å². The fourth-order valence-electron chi connectivity index (χ4n) is 6.04. The Balaban J connectivity index is 0.000000221. The Morgan fingerprint density at radius 2 is 1.19 bits per heavy atom. The molecule has 0 amide bonds. The number of halogens is 6. The van der Waals surface area contributed by atoms with Crippen molar-refractivity contribution in [3.63, 3.8) is 0 Å². The third kappa shape index (κ3) is 9.44. The van der Waals surface area contributed by atoms with E-state index < -0.39 is 35.4 Å². The number of imidazole rings is 2. The van der Waals surface area contributed by atoms with Crippen LogP contribution in [0.4, 0.5) is 26.3 Å². The largest absolute Gasteiger partial charge is 0.465 e. The molecule has 0 N–H and O–H groups in total. The molecule has 18 heteroatoms. The van der Waals surface area contributed by atoms with E-state index in [1.807, 2.05) is 0 Å². The number of carbonyl (C=O) groups excluding carboxylic acids is 2. The maximum Gasteiger partial charge on any atom is 0.417 e. The summed E-state index contributed by atoms with van der Waals surface area (Å²) in [6.45, 7) is 0.299. The van der Waals surface area contributed by atoms with E-state index in [1.54, 1.807) is 29.6 Å². The lowest BCUT2D eigenvalue weighted by Gasteiger charge is -2.16. The van der Waals surface area contributed by atoms with E-state index in [-0.39, 0.29) is 51.7 Å². The fourth-order valence-corrected chi connectivity index (χ4v) is 6.04. The van der Waals surface area contributed by atoms with Crippen LogP contribution in [-0.2, 0) is 51.8 Å². The summed E-state index contributed by atoms with van der Waals surface area (Å²) in [7, 11) is 8.74. The first-order valence-electron chi connectivity index (χ1n) is 17.2. The minimum atomic E-state index is -4.65. The van der Waals surface area contributed by atoms with Gasteiger partial charge in [0.25, 0.3) is 0 Å². The molecule has 4 aromatic heterocycles. The van der Waals surface area contributed by atoms with Crippen LogP contribution in [-0.4, -0.2) is 82.7 Å². The summed E-state index contributed by atoms with van der Waals surface area (Å²) in [6, 6.07) is 7.43. The Morgan fingerprint density at radius 1 is 0.690 bits per heavy atom. The van der Waals surface area contributed by atoms with Crippen molar-refractivity contribution in [2.45, 2.75) is 25.2 Å². The zero-order chi connectivity index (χ0) is 42.4. The van der Waals surface area contributed by atoms with Gasteiger partial charge in [0, 0.05) is 51.3 Å². The number of pyridine rings is 2. The van der Waals surface area contributed by atoms with Crippen LogP contribution in [0, 0.1) is 11.8 Å². The molecule has 58 heavy (non-hydrogen) atoms. The number of rotatable bonds is 9. The number of methoxy groups -OCH3 is 4. The van der Waals surface area contributed by atoms with Gasteiger partial charge in [-0.2, -0.15) is 26.3 Å². The van der Waals surface area contributed by atoms with Gasteiger partial charge in [-0.3, -0.25) is 0 Å². The molecule has 0 aliphatic carbocycles. The number of carbonyl (C=O) groups is 2. The van der Waals surface area contributed by atoms with Gasteiger partial charge in [0.15, 0.2) is 0 Å². The molecule has 4 heterocycles. The van der Waals surface area contributed by atoms with Crippen LogP contribution in [0.15, 0.2) is 61.4 Å². The van der Waals surface area contributed by atoms with Gasteiger partial charge in [0.2, 0.25) is 0 Å². The third-order valence-electron chi connectivity index (χ3n) is 8.80. The summed E-state index contributed by atoms with van der Waals surface area (Å²) in [6.07, 6.45) is -2.54. The molecule has 0 radical (unpaired) electrons. The predicted molar refractivity (Wildman–Crippen MR) is 200 cm³/mol. The van der Waals surface area contributed by atoms with Gasteiger partial charge < -0.3 is 28.1 Å². The Kier molecular flexibility index (Phi) is 13.2. The second kappa shape index (κ2) is 17.9. The van der Waals surface area contributed by atoms with Crippen LogP contribution in [0.3, 0.4) is 0 Å². The molecule has 304 valence electrons. The van der Waals surface area contributed by atoms with Crippen LogP contribution in [0.1, 0.15) is 49.4 Å². The number of nitrogens with zero attached hydrogens (tertiary/aromatic N) is 6. The first kappa shape index (κ1) is 42.8. The summed E-state index contributed by atoms with van der Waals surface area (Å²) in [5.74, 6) is 3.62. The Labute approximate surface area is 327 Å². The van der Waals surface area contributed by atoms with E-state index in [1.165, 1.54) is 71.4 Å². The lowest BCUT2D eigenvalue weighted by Crippen LogP contribution is -2.12. The normalized spacial score (nSPS) is 11.5. The van der Waals surface area contributed by atoms with E-state index >= 15 is 0 Å². The number of alkyl halides is 6. The Hall–Kier alpha value is -6.32. The lowest BCUT2D eigenvalue weighted by atomic mass is 9.96. The quantitative estimate of drug-likeness (QED) is 0.0628. The van der Waals surface area contributed by atoms with Crippen LogP contribution in [0.25, 0.3) is 44.6 Å². The van der Waals surface area contributed by atoms with Crippen LogP contribution >= 0.6 is 0 Å². The minimum absolute atomic E-state index is 0.00582. The number of hydrogen-bond donors (Lipinski definition) is 0. The standard InChI is InChI=1S/C20H20F3N3O3.C20H16F3N3O3/c2*1-26-11-24-10-18(26)17-8-14(19(27)29-3)13-7-12(5-4-6-28-2)15(20(21,22)23)9-16(13)25-17/h7-11H,4-6H2,1-3H3;7-11H,6H2,1-3H3. The van der Waals surface area contributed by atoms with Gasteiger partial charge >= 0.3 is 24.3 Å². The van der Waals surface area contributed by atoms with E-state index in [4.69, 9.17) is 18.9 Å². The van der Waals surface area contributed by atoms with Crippen molar-refractivity contribution in [1.29, 1.82) is 0 Å². The second-order valence-corrected chi connectivity index (χ2v) is 12.6. The van der Waals surface area contributed by atoms with Crippen molar-refractivity contribution in [2.24, 2.45) is 14.1 Å². The molecule has 6 rings (SSSR count). The smallest absolute Gasteiger partial charge is 0.417 e. The number of hydrogen-bond acceptors (Lipinski definition) is 10. The number of ether oxygens (including phenoxy) is 4. The first-order valence-corrected chi connectivity index (χ1v) is 17.2. The van der Waals surface area contributed by atoms with Gasteiger partial charge in [-0.25, -0.2) is 29.5 Å². The molecule has 0 aliphatic heterocycles. The molecule has 0 fully saturated rings. The molecule has 6 aromatic rings. The van der Waals surface area contributed by atoms with Crippen molar-refractivity contribution < 1.29 is 54.9 Å². The van der Waals surface area contributed by atoms with Crippen molar-refractivity contribution in [3.05, 3.63) is 94.8 Å². The van der Waals surface area contributed by atoms with Gasteiger partial charge in [0.1, 0.15) is 6.61 Å². The molecule has 0 bridgehead atoms. The molecule has 2 aromatic carbocycles. The number of aryl methyl sites for hydroxylation is 3. The monoisotopic (exact) mass is 810 g/mol. The first-order chi connectivity index (χ1) is 27.5. The van der Waals surface area contributed by atoms with Gasteiger partial charge in [-0.1, -0.05) is 11.8 Å². The average Bonchev–Trinajstić information content (AvgIpc) is 3.83. The van der Waals surface area contributed by atoms with E-state index in [9.17, 15) is 35.9 Å². The number of esters is 2. The zero-order valence-electron chi connectivity index (χ0n) is 32.0. The summed E-state index contributed by atoms with van der Waals surface area (Å²) in [5.41, 5.74) is 0.107. The number of benzene rings is 2. The Bertz CT molecular complexity index is 2530. The van der Waals surface area contributed by atoms with Crippen molar-refractivity contribution in [1.82, 2.24) is 29.1 Å². The van der Waals surface area contributed by atoms with Crippen LogP contribution in [0.2, 0.25) is 0 Å².